The number of anilines is 2. The molecule has 1 atom stereocenters. The first kappa shape index (κ1) is 11.3. The molecule has 4 heteroatoms. The van der Waals surface area contributed by atoms with Gasteiger partial charge in [0.1, 0.15) is 0 Å². The van der Waals surface area contributed by atoms with Gasteiger partial charge in [0.15, 0.2) is 0 Å². The maximum absolute atomic E-state index is 12.1. The van der Waals surface area contributed by atoms with E-state index >= 15 is 0 Å². The van der Waals surface area contributed by atoms with Crippen LogP contribution in [0.5, 0.6) is 0 Å². The van der Waals surface area contributed by atoms with Gasteiger partial charge >= 0.3 is 0 Å². The van der Waals surface area contributed by atoms with E-state index in [2.05, 4.69) is 0 Å². The fourth-order valence-electron chi connectivity index (χ4n) is 1.81. The monoisotopic (exact) mass is 236 g/mol. The first-order valence-corrected chi connectivity index (χ1v) is 6.48. The molecule has 0 bridgehead atoms. The Morgan fingerprint density at radius 3 is 2.69 bits per heavy atom. The summed E-state index contributed by atoms with van der Waals surface area (Å²) in [5, 5.41) is 0.141. The van der Waals surface area contributed by atoms with Crippen molar-refractivity contribution in [3.63, 3.8) is 0 Å². The van der Waals surface area contributed by atoms with Gasteiger partial charge in [0.25, 0.3) is 0 Å². The van der Waals surface area contributed by atoms with Gasteiger partial charge in [-0.25, -0.2) is 0 Å². The average molecular weight is 236 g/mol. The van der Waals surface area contributed by atoms with E-state index in [1.54, 1.807) is 16.7 Å². The van der Waals surface area contributed by atoms with E-state index in [1.165, 1.54) is 0 Å². The van der Waals surface area contributed by atoms with Crippen LogP contribution in [0.3, 0.4) is 0 Å². The molecule has 0 spiro atoms. The zero-order valence-electron chi connectivity index (χ0n) is 9.35. The molecule has 0 radical (unpaired) electrons. The summed E-state index contributed by atoms with van der Waals surface area (Å²) in [6.07, 6.45) is 2.15. The van der Waals surface area contributed by atoms with Gasteiger partial charge in [-0.15, -0.1) is 11.8 Å². The van der Waals surface area contributed by atoms with Gasteiger partial charge in [0.2, 0.25) is 5.91 Å². The van der Waals surface area contributed by atoms with Crippen molar-refractivity contribution >= 4 is 29.0 Å². The van der Waals surface area contributed by atoms with Crippen molar-refractivity contribution in [2.45, 2.75) is 18.1 Å². The predicted octanol–water partition coefficient (Wildman–Crippen LogP) is 2.13. The summed E-state index contributed by atoms with van der Waals surface area (Å²) in [5.74, 6) is 1.30. The summed E-state index contributed by atoms with van der Waals surface area (Å²) < 4.78 is 0. The third-order valence-electron chi connectivity index (χ3n) is 2.82. The largest absolute Gasteiger partial charge is 0.399 e. The van der Waals surface area contributed by atoms with Gasteiger partial charge in [0, 0.05) is 18.4 Å². The second kappa shape index (κ2) is 4.78. The molecule has 3 nitrogen and oxygen atoms in total. The van der Waals surface area contributed by atoms with Crippen molar-refractivity contribution < 1.29 is 4.79 Å². The summed E-state index contributed by atoms with van der Waals surface area (Å²) in [6.45, 7) is 0. The molecular formula is C12H16N2OS. The van der Waals surface area contributed by atoms with Gasteiger partial charge in [-0.2, -0.15) is 0 Å². The molecule has 16 heavy (non-hydrogen) atoms. The number of nitrogens with zero attached hydrogens (tertiary/aromatic N) is 1. The van der Waals surface area contributed by atoms with E-state index in [9.17, 15) is 4.79 Å². The van der Waals surface area contributed by atoms with Crippen molar-refractivity contribution in [3.8, 4) is 0 Å². The molecule has 1 heterocycles. The molecule has 1 unspecified atom stereocenters. The highest BCUT2D eigenvalue weighted by atomic mass is 32.2. The molecule has 1 amide bonds. The Kier molecular flexibility index (Phi) is 3.39. The van der Waals surface area contributed by atoms with Crippen molar-refractivity contribution in [3.05, 3.63) is 24.3 Å². The highest BCUT2D eigenvalue weighted by Crippen LogP contribution is 2.29. The van der Waals surface area contributed by atoms with Gasteiger partial charge in [-0.3, -0.25) is 4.79 Å². The molecule has 1 aromatic carbocycles. The molecule has 2 N–H and O–H groups in total. The molecule has 1 saturated heterocycles. The lowest BCUT2D eigenvalue weighted by Gasteiger charge is -2.20. The van der Waals surface area contributed by atoms with Crippen LogP contribution in [-0.2, 0) is 4.79 Å². The average Bonchev–Trinajstić information content (AvgIpc) is 2.81. The number of carbonyl (C=O) groups is 1. The lowest BCUT2D eigenvalue weighted by molar-refractivity contribution is -0.117. The van der Waals surface area contributed by atoms with Crippen LogP contribution >= 0.6 is 11.8 Å². The van der Waals surface area contributed by atoms with Gasteiger partial charge in [-0.05, 0) is 42.9 Å². The zero-order valence-corrected chi connectivity index (χ0v) is 10.2. The van der Waals surface area contributed by atoms with Gasteiger partial charge in [-0.1, -0.05) is 0 Å². The summed E-state index contributed by atoms with van der Waals surface area (Å²) >= 11 is 1.76. The third kappa shape index (κ3) is 2.32. The number of benzene rings is 1. The van der Waals surface area contributed by atoms with E-state index in [-0.39, 0.29) is 11.2 Å². The van der Waals surface area contributed by atoms with Crippen LogP contribution < -0.4 is 10.6 Å². The third-order valence-corrected chi connectivity index (χ3v) is 4.18. The minimum atomic E-state index is 0.141. The van der Waals surface area contributed by atoms with Crippen molar-refractivity contribution in [1.82, 2.24) is 0 Å². The fraction of sp³-hybridized carbons (Fsp3) is 0.417. The second-order valence-corrected chi connectivity index (χ2v) is 5.30. The van der Waals surface area contributed by atoms with Crippen LogP contribution in [0.15, 0.2) is 24.3 Å². The summed E-state index contributed by atoms with van der Waals surface area (Å²) in [7, 11) is 1.83. The summed E-state index contributed by atoms with van der Waals surface area (Å²) in [5.41, 5.74) is 7.25. The topological polar surface area (TPSA) is 46.3 Å². The fourth-order valence-corrected chi connectivity index (χ4v) is 3.07. The van der Waals surface area contributed by atoms with Gasteiger partial charge < -0.3 is 10.6 Å². The Morgan fingerprint density at radius 1 is 1.44 bits per heavy atom. The molecule has 1 fully saturated rings. The van der Waals surface area contributed by atoms with E-state index in [4.69, 9.17) is 5.73 Å². The van der Waals surface area contributed by atoms with Crippen molar-refractivity contribution in [2.24, 2.45) is 0 Å². The maximum atomic E-state index is 12.1. The zero-order chi connectivity index (χ0) is 11.5. The Bertz CT molecular complexity index is 371. The molecule has 1 aliphatic rings. The number of amides is 1. The lowest BCUT2D eigenvalue weighted by atomic mass is 10.2. The lowest BCUT2D eigenvalue weighted by Crippen LogP contribution is -2.33. The number of nitrogen functional groups attached to an aromatic ring is 1. The number of hydrogen-bond acceptors (Lipinski definition) is 3. The number of carbonyl (C=O) groups excluding carboxylic acids is 1. The van der Waals surface area contributed by atoms with Crippen LogP contribution in [0, 0.1) is 0 Å². The quantitative estimate of drug-likeness (QED) is 0.800. The smallest absolute Gasteiger partial charge is 0.239 e. The number of nitrogens with two attached hydrogens (primary N) is 1. The van der Waals surface area contributed by atoms with Crippen LogP contribution in [0.25, 0.3) is 0 Å². The van der Waals surface area contributed by atoms with E-state index in [0.29, 0.717) is 0 Å². The second-order valence-electron chi connectivity index (χ2n) is 3.99. The van der Waals surface area contributed by atoms with Crippen LogP contribution in [-0.4, -0.2) is 24.0 Å². The molecule has 1 aliphatic heterocycles. The molecule has 2 rings (SSSR count). The Morgan fingerprint density at radius 2 is 2.12 bits per heavy atom. The number of rotatable bonds is 2. The first-order chi connectivity index (χ1) is 7.68. The minimum absolute atomic E-state index is 0.141. The van der Waals surface area contributed by atoms with Crippen LogP contribution in [0.2, 0.25) is 0 Å². The van der Waals surface area contributed by atoms with E-state index < -0.39 is 0 Å². The van der Waals surface area contributed by atoms with Gasteiger partial charge in [0.05, 0.1) is 5.25 Å². The van der Waals surface area contributed by atoms with E-state index in [0.717, 1.165) is 30.0 Å². The number of hydrogen-bond donors (Lipinski definition) is 1. The van der Waals surface area contributed by atoms with Crippen molar-refractivity contribution in [1.29, 1.82) is 0 Å². The Hall–Kier alpha value is -1.16. The Labute approximate surface area is 100.0 Å². The normalized spacial score (nSPS) is 19.7. The molecule has 0 saturated carbocycles. The first-order valence-electron chi connectivity index (χ1n) is 5.43. The summed E-state index contributed by atoms with van der Waals surface area (Å²) in [4.78, 5) is 13.8. The molecular weight excluding hydrogens is 220 g/mol. The maximum Gasteiger partial charge on any atom is 0.239 e. The standard InChI is InChI=1S/C12H16N2OS/c1-14(10-6-4-9(13)5-7-10)12(15)11-3-2-8-16-11/h4-7,11H,2-3,8,13H2,1H3. The predicted molar refractivity (Wildman–Crippen MR) is 69.7 cm³/mol. The molecule has 0 aliphatic carbocycles. The Balaban J connectivity index is 2.08. The van der Waals surface area contributed by atoms with E-state index in [1.807, 2.05) is 31.3 Å². The number of thioether (sulfide) groups is 1. The molecule has 1 aromatic rings. The van der Waals surface area contributed by atoms with Crippen LogP contribution in [0.4, 0.5) is 11.4 Å². The highest BCUT2D eigenvalue weighted by molar-refractivity contribution is 8.00. The minimum Gasteiger partial charge on any atom is -0.399 e. The van der Waals surface area contributed by atoms with Crippen LogP contribution in [0.1, 0.15) is 12.8 Å². The molecule has 86 valence electrons. The summed E-state index contributed by atoms with van der Waals surface area (Å²) in [6, 6.07) is 7.40. The highest BCUT2D eigenvalue weighted by Gasteiger charge is 2.26. The SMILES string of the molecule is CN(C(=O)C1CCCS1)c1ccc(N)cc1. The molecule has 0 aromatic heterocycles. The van der Waals surface area contributed by atoms with Crippen molar-refractivity contribution in [2.75, 3.05) is 23.4 Å².